The van der Waals surface area contributed by atoms with Crippen LogP contribution in [-0.2, 0) is 4.79 Å². The predicted octanol–water partition coefficient (Wildman–Crippen LogP) is 0.531. The highest BCUT2D eigenvalue weighted by molar-refractivity contribution is 5.88. The van der Waals surface area contributed by atoms with Gasteiger partial charge in [0.2, 0.25) is 11.9 Å². The molecule has 5 heteroatoms. The van der Waals surface area contributed by atoms with Crippen molar-refractivity contribution in [2.24, 2.45) is 0 Å². The number of nitrogens with one attached hydrogen (secondary N) is 1. The molecule has 0 saturated carbocycles. The summed E-state index contributed by atoms with van der Waals surface area (Å²) in [6, 6.07) is 0. The first-order chi connectivity index (χ1) is 5.72. The molecule has 0 aliphatic heterocycles. The summed E-state index contributed by atoms with van der Waals surface area (Å²) in [4.78, 5) is 18.2. The molecule has 0 atom stereocenters. The lowest BCUT2D eigenvalue weighted by Gasteiger charge is -1.99. The van der Waals surface area contributed by atoms with Gasteiger partial charge in [0.25, 0.3) is 0 Å². The topological polar surface area (TPSA) is 75.1 Å². The average Bonchev–Trinajstić information content (AvgIpc) is 2.09. The zero-order valence-corrected chi connectivity index (χ0v) is 6.61. The molecular weight excluding hydrogens is 158 g/mol. The van der Waals surface area contributed by atoms with Crippen molar-refractivity contribution >= 4 is 11.9 Å². The molecule has 0 saturated heterocycles. The number of rotatable bonds is 2. The van der Waals surface area contributed by atoms with E-state index in [1.54, 1.807) is 6.92 Å². The van der Waals surface area contributed by atoms with Crippen LogP contribution >= 0.6 is 0 Å². The number of carbonyl (C=O) groups excluding carboxylic acids is 1. The molecular formula is C7H9N3O2. The molecule has 0 fully saturated rings. The van der Waals surface area contributed by atoms with Crippen molar-refractivity contribution in [3.63, 3.8) is 0 Å². The molecule has 0 aliphatic rings. The van der Waals surface area contributed by atoms with Crippen LogP contribution in [0.4, 0.5) is 5.95 Å². The highest BCUT2D eigenvalue weighted by atomic mass is 16.3. The van der Waals surface area contributed by atoms with Gasteiger partial charge in [-0.3, -0.25) is 10.1 Å². The van der Waals surface area contributed by atoms with E-state index in [1.807, 2.05) is 0 Å². The van der Waals surface area contributed by atoms with Gasteiger partial charge in [-0.15, -0.1) is 0 Å². The zero-order chi connectivity index (χ0) is 8.97. The quantitative estimate of drug-likeness (QED) is 0.673. The third kappa shape index (κ3) is 2.19. The maximum atomic E-state index is 10.8. The van der Waals surface area contributed by atoms with E-state index in [-0.39, 0.29) is 17.6 Å². The first kappa shape index (κ1) is 8.45. The van der Waals surface area contributed by atoms with Crippen molar-refractivity contribution in [1.82, 2.24) is 9.97 Å². The van der Waals surface area contributed by atoms with Crippen LogP contribution in [0.1, 0.15) is 13.3 Å². The summed E-state index contributed by atoms with van der Waals surface area (Å²) in [7, 11) is 0. The molecule has 0 spiro atoms. The third-order valence-corrected chi connectivity index (χ3v) is 1.21. The Hall–Kier alpha value is -1.65. The molecule has 2 N–H and O–H groups in total. The van der Waals surface area contributed by atoms with Gasteiger partial charge in [-0.05, 0) is 0 Å². The normalized spacial score (nSPS) is 9.42. The van der Waals surface area contributed by atoms with Crippen molar-refractivity contribution in [1.29, 1.82) is 0 Å². The smallest absolute Gasteiger partial charge is 0.229 e. The molecule has 0 aromatic carbocycles. The van der Waals surface area contributed by atoms with Crippen LogP contribution in [-0.4, -0.2) is 21.0 Å². The van der Waals surface area contributed by atoms with Gasteiger partial charge in [0.1, 0.15) is 0 Å². The summed E-state index contributed by atoms with van der Waals surface area (Å²) in [5.74, 6) is 0.0323. The standard InChI is InChI=1S/C7H9N3O2/c1-2-6(12)10-7-8-3-5(11)4-9-7/h3-4,11H,2H2,1H3,(H,8,9,10,12). The number of anilines is 1. The average molecular weight is 167 g/mol. The van der Waals surface area contributed by atoms with Crippen molar-refractivity contribution in [2.45, 2.75) is 13.3 Å². The Labute approximate surface area is 69.5 Å². The summed E-state index contributed by atoms with van der Waals surface area (Å²) in [5.41, 5.74) is 0. The van der Waals surface area contributed by atoms with Crippen molar-refractivity contribution in [3.8, 4) is 5.75 Å². The lowest BCUT2D eigenvalue weighted by molar-refractivity contribution is -0.115. The highest BCUT2D eigenvalue weighted by Crippen LogP contribution is 2.04. The predicted molar refractivity (Wildman–Crippen MR) is 42.6 cm³/mol. The number of nitrogens with zero attached hydrogens (tertiary/aromatic N) is 2. The summed E-state index contributed by atoms with van der Waals surface area (Å²) in [5, 5.41) is 11.3. The maximum absolute atomic E-state index is 10.8. The van der Waals surface area contributed by atoms with Gasteiger partial charge in [0.05, 0.1) is 12.4 Å². The van der Waals surface area contributed by atoms with Gasteiger partial charge in [-0.2, -0.15) is 0 Å². The molecule has 5 nitrogen and oxygen atoms in total. The lowest BCUT2D eigenvalue weighted by Crippen LogP contribution is -2.11. The van der Waals surface area contributed by atoms with E-state index in [2.05, 4.69) is 15.3 Å². The molecule has 1 amide bonds. The van der Waals surface area contributed by atoms with Crippen molar-refractivity contribution in [2.75, 3.05) is 5.32 Å². The van der Waals surface area contributed by atoms with Crippen LogP contribution in [0, 0.1) is 0 Å². The lowest BCUT2D eigenvalue weighted by atomic mass is 10.4. The van der Waals surface area contributed by atoms with E-state index in [0.29, 0.717) is 6.42 Å². The van der Waals surface area contributed by atoms with E-state index in [4.69, 9.17) is 5.11 Å². The van der Waals surface area contributed by atoms with Gasteiger partial charge >= 0.3 is 0 Å². The minimum absolute atomic E-state index is 0.0236. The first-order valence-corrected chi connectivity index (χ1v) is 3.53. The van der Waals surface area contributed by atoms with Crippen molar-refractivity contribution < 1.29 is 9.90 Å². The Balaban J connectivity index is 2.64. The van der Waals surface area contributed by atoms with E-state index in [9.17, 15) is 4.79 Å². The Morgan fingerprint density at radius 1 is 1.58 bits per heavy atom. The molecule has 0 aliphatic carbocycles. The Morgan fingerprint density at radius 2 is 2.17 bits per heavy atom. The molecule has 64 valence electrons. The second-order valence-corrected chi connectivity index (χ2v) is 2.17. The summed E-state index contributed by atoms with van der Waals surface area (Å²) in [6.07, 6.45) is 2.82. The first-order valence-electron chi connectivity index (χ1n) is 3.53. The fraction of sp³-hybridized carbons (Fsp3) is 0.286. The fourth-order valence-corrected chi connectivity index (χ4v) is 0.599. The molecule has 0 unspecified atom stereocenters. The second-order valence-electron chi connectivity index (χ2n) is 2.17. The van der Waals surface area contributed by atoms with E-state index in [1.165, 1.54) is 12.4 Å². The molecule has 12 heavy (non-hydrogen) atoms. The molecule has 0 bridgehead atoms. The van der Waals surface area contributed by atoms with Gasteiger partial charge in [0.15, 0.2) is 5.75 Å². The Morgan fingerprint density at radius 3 is 2.67 bits per heavy atom. The second kappa shape index (κ2) is 3.66. The van der Waals surface area contributed by atoms with Crippen molar-refractivity contribution in [3.05, 3.63) is 12.4 Å². The molecule has 1 aromatic rings. The summed E-state index contributed by atoms with van der Waals surface area (Å²) < 4.78 is 0. The number of hydrogen-bond acceptors (Lipinski definition) is 4. The van der Waals surface area contributed by atoms with Crippen LogP contribution in [0.3, 0.4) is 0 Å². The van der Waals surface area contributed by atoms with E-state index in [0.717, 1.165) is 0 Å². The van der Waals surface area contributed by atoms with Crippen LogP contribution in [0.2, 0.25) is 0 Å². The number of aromatic hydroxyl groups is 1. The number of hydrogen-bond donors (Lipinski definition) is 2. The van der Waals surface area contributed by atoms with E-state index < -0.39 is 0 Å². The van der Waals surface area contributed by atoms with Gasteiger partial charge in [0, 0.05) is 6.42 Å². The Bertz CT molecular complexity index is 270. The van der Waals surface area contributed by atoms with Crippen LogP contribution in [0.5, 0.6) is 5.75 Å². The summed E-state index contributed by atoms with van der Waals surface area (Å²) >= 11 is 0. The van der Waals surface area contributed by atoms with Gasteiger partial charge in [-0.1, -0.05) is 6.92 Å². The Kier molecular flexibility index (Phi) is 2.57. The zero-order valence-electron chi connectivity index (χ0n) is 6.61. The maximum Gasteiger partial charge on any atom is 0.229 e. The minimum atomic E-state index is -0.152. The molecule has 0 radical (unpaired) electrons. The third-order valence-electron chi connectivity index (χ3n) is 1.21. The van der Waals surface area contributed by atoms with Crippen LogP contribution < -0.4 is 5.32 Å². The van der Waals surface area contributed by atoms with Gasteiger partial charge < -0.3 is 5.11 Å². The molecule has 1 aromatic heterocycles. The SMILES string of the molecule is CCC(=O)Nc1ncc(O)cn1. The number of carbonyl (C=O) groups is 1. The molecule has 1 rings (SSSR count). The number of amides is 1. The fourth-order valence-electron chi connectivity index (χ4n) is 0.599. The largest absolute Gasteiger partial charge is 0.505 e. The van der Waals surface area contributed by atoms with Gasteiger partial charge in [-0.25, -0.2) is 9.97 Å². The van der Waals surface area contributed by atoms with Crippen LogP contribution in [0.25, 0.3) is 0 Å². The summed E-state index contributed by atoms with van der Waals surface area (Å²) in [6.45, 7) is 1.73. The highest BCUT2D eigenvalue weighted by Gasteiger charge is 2.00. The van der Waals surface area contributed by atoms with E-state index >= 15 is 0 Å². The molecule has 1 heterocycles. The van der Waals surface area contributed by atoms with Crippen LogP contribution in [0.15, 0.2) is 12.4 Å². The monoisotopic (exact) mass is 167 g/mol. The number of aromatic nitrogens is 2. The minimum Gasteiger partial charge on any atom is -0.505 e.